The van der Waals surface area contributed by atoms with E-state index in [1.54, 1.807) is 15.6 Å². The van der Waals surface area contributed by atoms with Gasteiger partial charge in [-0.3, -0.25) is 0 Å². The third-order valence-electron chi connectivity index (χ3n) is 3.57. The normalized spacial score (nSPS) is 18.2. The first-order valence-electron chi connectivity index (χ1n) is 7.07. The van der Waals surface area contributed by atoms with Crippen LogP contribution >= 0.6 is 43.2 Å². The third-order valence-corrected chi connectivity index (χ3v) is 8.90. The van der Waals surface area contributed by atoms with Crippen molar-refractivity contribution in [2.24, 2.45) is 0 Å². The van der Waals surface area contributed by atoms with Crippen LogP contribution in [0.25, 0.3) is 0 Å². The van der Waals surface area contributed by atoms with E-state index < -0.39 is 10.0 Å². The van der Waals surface area contributed by atoms with Crippen molar-refractivity contribution >= 4 is 53.2 Å². The van der Waals surface area contributed by atoms with Crippen molar-refractivity contribution in [3.8, 4) is 0 Å². The molecule has 8 heteroatoms. The summed E-state index contributed by atoms with van der Waals surface area (Å²) in [7, 11) is -3.03. The summed E-state index contributed by atoms with van der Waals surface area (Å²) in [6.45, 7) is 4.01. The molecular weight excluding hydrogens is 440 g/mol. The Kier molecular flexibility index (Phi) is 6.71. The van der Waals surface area contributed by atoms with E-state index in [1.807, 2.05) is 6.92 Å². The first-order valence-corrected chi connectivity index (χ1v) is 11.1. The molecule has 0 aliphatic carbocycles. The smallest absolute Gasteiger partial charge is 0.214 e. The molecule has 2 heterocycles. The second kappa shape index (κ2) is 7.88. The predicted molar refractivity (Wildman–Crippen MR) is 95.2 cm³/mol. The summed E-state index contributed by atoms with van der Waals surface area (Å²) >= 11 is 8.70. The molecule has 1 aromatic heterocycles. The quantitative estimate of drug-likeness (QED) is 0.707. The van der Waals surface area contributed by atoms with Gasteiger partial charge in [0.15, 0.2) is 0 Å². The summed E-state index contributed by atoms with van der Waals surface area (Å²) in [5.74, 6) is 0.266. The van der Waals surface area contributed by atoms with Crippen molar-refractivity contribution in [1.29, 1.82) is 0 Å². The third kappa shape index (κ3) is 5.00. The summed E-state index contributed by atoms with van der Waals surface area (Å²) in [6, 6.07) is 2.51. The van der Waals surface area contributed by atoms with Crippen molar-refractivity contribution in [3.05, 3.63) is 19.2 Å². The van der Waals surface area contributed by atoms with E-state index in [0.717, 1.165) is 27.6 Å². The van der Waals surface area contributed by atoms with E-state index in [1.165, 1.54) is 4.88 Å². The Hall–Kier alpha value is 0.530. The molecule has 1 fully saturated rings. The van der Waals surface area contributed by atoms with Gasteiger partial charge in [0.2, 0.25) is 10.0 Å². The molecule has 0 unspecified atom stereocenters. The molecule has 1 aromatic rings. The van der Waals surface area contributed by atoms with E-state index in [0.29, 0.717) is 25.6 Å². The maximum atomic E-state index is 12.0. The first kappa shape index (κ1) is 17.9. The van der Waals surface area contributed by atoms with E-state index in [2.05, 4.69) is 43.2 Å². The highest BCUT2D eigenvalue weighted by Crippen LogP contribution is 2.32. The van der Waals surface area contributed by atoms with Crippen LogP contribution in [0, 0.1) is 0 Å². The zero-order valence-electron chi connectivity index (χ0n) is 11.9. The second-order valence-electron chi connectivity index (χ2n) is 5.20. The fourth-order valence-electron chi connectivity index (χ4n) is 2.45. The van der Waals surface area contributed by atoms with Crippen LogP contribution in [0.15, 0.2) is 14.3 Å². The number of nitrogens with one attached hydrogen (secondary N) is 1. The molecule has 0 radical (unpaired) electrons. The van der Waals surface area contributed by atoms with Crippen molar-refractivity contribution < 1.29 is 8.42 Å². The number of halogens is 2. The molecule has 21 heavy (non-hydrogen) atoms. The maximum absolute atomic E-state index is 12.0. The van der Waals surface area contributed by atoms with Gasteiger partial charge in [-0.2, -0.15) is 0 Å². The minimum Gasteiger partial charge on any atom is -0.309 e. The lowest BCUT2D eigenvalue weighted by molar-refractivity contribution is 0.289. The lowest BCUT2D eigenvalue weighted by atomic mass is 10.1. The highest BCUT2D eigenvalue weighted by Gasteiger charge is 2.27. The number of hydrogen-bond acceptors (Lipinski definition) is 4. The minimum absolute atomic E-state index is 0.266. The second-order valence-corrected chi connectivity index (χ2v) is 10.6. The molecule has 0 aromatic carbocycles. The highest BCUT2D eigenvalue weighted by molar-refractivity contribution is 9.13. The fraction of sp³-hybridized carbons (Fsp3) is 0.692. The van der Waals surface area contributed by atoms with Crippen LogP contribution < -0.4 is 5.32 Å². The van der Waals surface area contributed by atoms with Gasteiger partial charge in [0.1, 0.15) is 0 Å². The van der Waals surface area contributed by atoms with Gasteiger partial charge in [-0.25, -0.2) is 12.7 Å². The Labute approximate surface area is 147 Å². The lowest BCUT2D eigenvalue weighted by Gasteiger charge is -2.31. The van der Waals surface area contributed by atoms with Crippen LogP contribution in [0.4, 0.5) is 0 Å². The monoisotopic (exact) mass is 458 g/mol. The van der Waals surface area contributed by atoms with Crippen LogP contribution in [0.3, 0.4) is 0 Å². The SMILES string of the molecule is CCCS(=O)(=O)N1CCC(NCc2cc(Br)c(Br)s2)CC1. The van der Waals surface area contributed by atoms with Gasteiger partial charge in [-0.15, -0.1) is 11.3 Å². The Morgan fingerprint density at radius 3 is 2.57 bits per heavy atom. The largest absolute Gasteiger partial charge is 0.309 e. The standard InChI is InChI=1S/C13H20Br2N2O2S2/c1-2-7-21(18,19)17-5-3-10(4-6-17)16-9-11-8-12(14)13(15)20-11/h8,10,16H,2-7,9H2,1H3. The zero-order valence-corrected chi connectivity index (χ0v) is 16.7. The zero-order chi connectivity index (χ0) is 15.5. The molecule has 0 atom stereocenters. The summed E-state index contributed by atoms with van der Waals surface area (Å²) in [6.07, 6.45) is 2.45. The van der Waals surface area contributed by atoms with E-state index in [9.17, 15) is 8.42 Å². The van der Waals surface area contributed by atoms with Gasteiger partial charge in [-0.05, 0) is 57.2 Å². The molecule has 0 bridgehead atoms. The van der Waals surface area contributed by atoms with Crippen molar-refractivity contribution in [3.63, 3.8) is 0 Å². The maximum Gasteiger partial charge on any atom is 0.214 e. The van der Waals surface area contributed by atoms with Crippen LogP contribution in [0.5, 0.6) is 0 Å². The Morgan fingerprint density at radius 2 is 2.05 bits per heavy atom. The van der Waals surface area contributed by atoms with Gasteiger partial charge < -0.3 is 5.32 Å². The molecule has 1 saturated heterocycles. The number of sulfonamides is 1. The molecule has 0 amide bonds. The minimum atomic E-state index is -3.03. The van der Waals surface area contributed by atoms with E-state index in [4.69, 9.17) is 0 Å². The molecule has 1 N–H and O–H groups in total. The van der Waals surface area contributed by atoms with Gasteiger partial charge in [-0.1, -0.05) is 6.92 Å². The number of hydrogen-bond donors (Lipinski definition) is 1. The molecular formula is C13H20Br2N2O2S2. The number of nitrogens with zero attached hydrogens (tertiary/aromatic N) is 1. The molecule has 0 saturated carbocycles. The fourth-order valence-corrected chi connectivity index (χ4v) is 6.12. The summed E-state index contributed by atoms with van der Waals surface area (Å²) in [4.78, 5) is 1.27. The van der Waals surface area contributed by atoms with Crippen molar-refractivity contribution in [2.75, 3.05) is 18.8 Å². The molecule has 120 valence electrons. The van der Waals surface area contributed by atoms with Crippen molar-refractivity contribution in [2.45, 2.75) is 38.8 Å². The van der Waals surface area contributed by atoms with Crippen LogP contribution in [-0.4, -0.2) is 37.6 Å². The van der Waals surface area contributed by atoms with Gasteiger partial charge in [0, 0.05) is 35.0 Å². The molecule has 0 spiro atoms. The average molecular weight is 460 g/mol. The van der Waals surface area contributed by atoms with Gasteiger partial charge in [0.05, 0.1) is 9.54 Å². The topological polar surface area (TPSA) is 49.4 Å². The molecule has 2 rings (SSSR count). The number of thiophene rings is 1. The highest BCUT2D eigenvalue weighted by atomic mass is 79.9. The van der Waals surface area contributed by atoms with Gasteiger partial charge >= 0.3 is 0 Å². The van der Waals surface area contributed by atoms with Crippen molar-refractivity contribution in [1.82, 2.24) is 9.62 Å². The number of rotatable bonds is 6. The van der Waals surface area contributed by atoms with Crippen LogP contribution in [0.1, 0.15) is 31.1 Å². The Bertz CT molecular complexity index is 547. The van der Waals surface area contributed by atoms with E-state index >= 15 is 0 Å². The Morgan fingerprint density at radius 1 is 1.38 bits per heavy atom. The molecule has 1 aliphatic rings. The van der Waals surface area contributed by atoms with Crippen LogP contribution in [-0.2, 0) is 16.6 Å². The van der Waals surface area contributed by atoms with Crippen LogP contribution in [0.2, 0.25) is 0 Å². The number of piperidine rings is 1. The van der Waals surface area contributed by atoms with Gasteiger partial charge in [0.25, 0.3) is 0 Å². The first-order chi connectivity index (χ1) is 9.92. The average Bonchev–Trinajstić information content (AvgIpc) is 2.76. The van der Waals surface area contributed by atoms with E-state index in [-0.39, 0.29) is 5.75 Å². The Balaban J connectivity index is 1.79. The molecule has 4 nitrogen and oxygen atoms in total. The lowest BCUT2D eigenvalue weighted by Crippen LogP contribution is -2.45. The molecule has 1 aliphatic heterocycles. The predicted octanol–water partition coefficient (Wildman–Crippen LogP) is 3.57. The summed E-state index contributed by atoms with van der Waals surface area (Å²) < 4.78 is 27.9. The summed E-state index contributed by atoms with van der Waals surface area (Å²) in [5, 5.41) is 3.53. The summed E-state index contributed by atoms with van der Waals surface area (Å²) in [5.41, 5.74) is 0.